The normalized spacial score (nSPS) is 19.0. The number of unbranched alkanes of at least 4 members (excludes halogenated alkanes) is 3. The molecule has 4 heteroatoms. The summed E-state index contributed by atoms with van der Waals surface area (Å²) in [7, 11) is 2.18. The molecule has 2 aromatic rings. The van der Waals surface area contributed by atoms with Crippen molar-refractivity contribution < 1.29 is 26.7 Å². The third-order valence-corrected chi connectivity index (χ3v) is 7.54. The molecule has 0 fully saturated rings. The van der Waals surface area contributed by atoms with Crippen LogP contribution in [0.3, 0.4) is 0 Å². The Morgan fingerprint density at radius 3 is 2.21 bits per heavy atom. The van der Waals surface area contributed by atoms with Crippen molar-refractivity contribution >= 4 is 17.1 Å². The van der Waals surface area contributed by atoms with Gasteiger partial charge in [0.1, 0.15) is 7.05 Å². The fourth-order valence-electron chi connectivity index (χ4n) is 5.65. The van der Waals surface area contributed by atoms with Crippen LogP contribution in [0.5, 0.6) is 0 Å². The van der Waals surface area contributed by atoms with E-state index in [4.69, 9.17) is 5.11 Å². The van der Waals surface area contributed by atoms with Crippen LogP contribution in [0.25, 0.3) is 0 Å². The third-order valence-electron chi connectivity index (χ3n) is 7.54. The predicted molar refractivity (Wildman–Crippen MR) is 140 cm³/mol. The Morgan fingerprint density at radius 1 is 0.853 bits per heavy atom. The van der Waals surface area contributed by atoms with Crippen LogP contribution in [0.2, 0.25) is 0 Å². The monoisotopic (exact) mass is 522 g/mol. The second kappa shape index (κ2) is 10.6. The summed E-state index contributed by atoms with van der Waals surface area (Å²) in [5, 5.41) is 9.09. The van der Waals surface area contributed by atoms with Crippen LogP contribution in [0, 0.1) is 0 Å². The Morgan fingerprint density at radius 2 is 1.50 bits per heavy atom. The highest BCUT2D eigenvalue weighted by Crippen LogP contribution is 2.47. The van der Waals surface area contributed by atoms with Crippen molar-refractivity contribution in [3.05, 3.63) is 83.6 Å². The lowest BCUT2D eigenvalue weighted by atomic mass is 9.81. The number of hydrogen-bond donors (Lipinski definition) is 1. The van der Waals surface area contributed by atoms with Crippen molar-refractivity contribution in [2.45, 2.75) is 64.2 Å². The summed E-state index contributed by atoms with van der Waals surface area (Å²) < 4.78 is 2.33. The van der Waals surface area contributed by atoms with Gasteiger partial charge >= 0.3 is 0 Å². The van der Waals surface area contributed by atoms with Crippen LogP contribution < -0.4 is 21.9 Å². The second-order valence-corrected chi connectivity index (χ2v) is 10.4. The Balaban J connectivity index is 0.00000324. The maximum absolute atomic E-state index is 9.09. The Bertz CT molecular complexity index is 1110. The van der Waals surface area contributed by atoms with Gasteiger partial charge in [-0.05, 0) is 44.4 Å². The molecule has 3 nitrogen and oxygen atoms in total. The zero-order valence-electron chi connectivity index (χ0n) is 21.3. The molecule has 34 heavy (non-hydrogen) atoms. The largest absolute Gasteiger partial charge is 1.00 e. The van der Waals surface area contributed by atoms with Gasteiger partial charge in [0.15, 0.2) is 5.71 Å². The zero-order chi connectivity index (χ0) is 23.6. The fourth-order valence-corrected chi connectivity index (χ4v) is 5.65. The maximum atomic E-state index is 9.09. The van der Waals surface area contributed by atoms with E-state index in [0.717, 1.165) is 32.2 Å². The van der Waals surface area contributed by atoms with Crippen LogP contribution in [-0.2, 0) is 10.8 Å². The van der Waals surface area contributed by atoms with Gasteiger partial charge in [-0.1, -0.05) is 69.2 Å². The molecule has 2 heterocycles. The first kappa shape index (κ1) is 26.4. The van der Waals surface area contributed by atoms with Crippen molar-refractivity contribution in [1.29, 1.82) is 0 Å². The quantitative estimate of drug-likeness (QED) is 0.424. The van der Waals surface area contributed by atoms with Gasteiger partial charge in [0, 0.05) is 47.7 Å². The molecule has 0 saturated heterocycles. The number of rotatable bonds is 8. The molecule has 0 atom stereocenters. The number of benzene rings is 2. The van der Waals surface area contributed by atoms with E-state index in [0.29, 0.717) is 6.61 Å². The van der Waals surface area contributed by atoms with Crippen LogP contribution in [-0.4, -0.2) is 35.6 Å². The average molecular weight is 524 g/mol. The topological polar surface area (TPSA) is 26.5 Å². The number of nitrogens with zero attached hydrogens (tertiary/aromatic N) is 2. The molecular weight excluding hydrogens is 484 g/mol. The predicted octanol–water partition coefficient (Wildman–Crippen LogP) is 3.49. The molecule has 0 unspecified atom stereocenters. The van der Waals surface area contributed by atoms with E-state index in [2.05, 4.69) is 111 Å². The Hall–Kier alpha value is -2.17. The molecular formula is C30H39BrN2O. The number of aliphatic hydroxyl groups is 1. The number of halogens is 1. The number of hydrogen-bond acceptors (Lipinski definition) is 2. The van der Waals surface area contributed by atoms with Gasteiger partial charge < -0.3 is 27.0 Å². The van der Waals surface area contributed by atoms with Crippen molar-refractivity contribution in [1.82, 2.24) is 0 Å². The highest BCUT2D eigenvalue weighted by atomic mass is 79.9. The van der Waals surface area contributed by atoms with Crippen LogP contribution >= 0.6 is 0 Å². The molecule has 0 aliphatic carbocycles. The summed E-state index contributed by atoms with van der Waals surface area (Å²) in [6.45, 7) is 10.6. The minimum Gasteiger partial charge on any atom is -1.00 e. The lowest BCUT2D eigenvalue weighted by Crippen LogP contribution is -3.00. The summed E-state index contributed by atoms with van der Waals surface area (Å²) >= 11 is 0. The first-order valence-electron chi connectivity index (χ1n) is 12.4. The van der Waals surface area contributed by atoms with Crippen molar-refractivity contribution in [2.24, 2.45) is 0 Å². The minimum absolute atomic E-state index is 0. The van der Waals surface area contributed by atoms with Gasteiger partial charge in [-0.2, -0.15) is 4.58 Å². The lowest BCUT2D eigenvalue weighted by molar-refractivity contribution is -0.401. The smallest absolute Gasteiger partial charge is 0.209 e. The zero-order valence-corrected chi connectivity index (χ0v) is 22.9. The SMILES string of the molecule is C[N+]1=C(/C=C/C=C2\N(CCCCCCO)c3ccccc3C2(C)C)C(C)(C)c2ccccc21.[Br-]. The van der Waals surface area contributed by atoms with E-state index in [-0.39, 0.29) is 27.8 Å². The molecule has 182 valence electrons. The lowest BCUT2D eigenvalue weighted by Gasteiger charge is -2.27. The first-order chi connectivity index (χ1) is 15.8. The molecule has 2 aromatic carbocycles. The van der Waals surface area contributed by atoms with E-state index < -0.39 is 0 Å². The fraction of sp³-hybridized carbons (Fsp3) is 0.433. The molecule has 0 radical (unpaired) electrons. The van der Waals surface area contributed by atoms with E-state index in [9.17, 15) is 0 Å². The molecule has 0 spiro atoms. The molecule has 0 amide bonds. The van der Waals surface area contributed by atoms with Gasteiger partial charge in [0.05, 0.1) is 5.41 Å². The van der Waals surface area contributed by atoms with Gasteiger partial charge in [0.2, 0.25) is 5.69 Å². The third kappa shape index (κ3) is 4.67. The van der Waals surface area contributed by atoms with Gasteiger partial charge in [-0.3, -0.25) is 0 Å². The van der Waals surface area contributed by atoms with E-state index in [1.807, 2.05) is 0 Å². The summed E-state index contributed by atoms with van der Waals surface area (Å²) in [6.07, 6.45) is 11.2. The number of anilines is 1. The minimum atomic E-state index is -0.0310. The Labute approximate surface area is 216 Å². The van der Waals surface area contributed by atoms with Gasteiger partial charge in [-0.25, -0.2) is 0 Å². The summed E-state index contributed by atoms with van der Waals surface area (Å²) in [6, 6.07) is 17.6. The molecule has 0 saturated carbocycles. The summed E-state index contributed by atoms with van der Waals surface area (Å²) in [5.41, 5.74) is 8.06. The van der Waals surface area contributed by atoms with Crippen LogP contribution in [0.15, 0.2) is 72.5 Å². The average Bonchev–Trinajstić information content (AvgIpc) is 3.13. The standard InChI is InChI=1S/C30H39N2O.BrH/c1-29(2)23-15-8-10-17-25(23)31(5)27(29)19-14-20-28-30(3,4)24-16-9-11-18-26(24)32(28)21-12-6-7-13-22-33;/h8-11,14-20,33H,6-7,12-13,21-22H2,1-5H3;1H/q+1;/p-1. The van der Waals surface area contributed by atoms with Crippen molar-refractivity contribution in [2.75, 3.05) is 25.1 Å². The second-order valence-electron chi connectivity index (χ2n) is 10.4. The van der Waals surface area contributed by atoms with Crippen LogP contribution in [0.1, 0.15) is 64.5 Å². The van der Waals surface area contributed by atoms with Crippen LogP contribution in [0.4, 0.5) is 11.4 Å². The summed E-state index contributed by atoms with van der Waals surface area (Å²) in [5.74, 6) is 0. The highest BCUT2D eigenvalue weighted by Gasteiger charge is 2.43. The number of aliphatic hydroxyl groups excluding tert-OH is 1. The number of para-hydroxylation sites is 2. The summed E-state index contributed by atoms with van der Waals surface area (Å²) in [4.78, 5) is 2.52. The maximum Gasteiger partial charge on any atom is 0.209 e. The molecule has 0 bridgehead atoms. The molecule has 2 aliphatic heterocycles. The molecule has 4 rings (SSSR count). The molecule has 2 aliphatic rings. The van der Waals surface area contributed by atoms with Gasteiger partial charge in [0.25, 0.3) is 0 Å². The van der Waals surface area contributed by atoms with E-state index >= 15 is 0 Å². The number of allylic oxidation sites excluding steroid dienone is 4. The molecule has 0 aromatic heterocycles. The van der Waals surface area contributed by atoms with Gasteiger partial charge in [-0.15, -0.1) is 0 Å². The first-order valence-corrected chi connectivity index (χ1v) is 12.4. The number of fused-ring (bicyclic) bond motifs is 2. The molecule has 1 N–H and O–H groups in total. The van der Waals surface area contributed by atoms with Crippen molar-refractivity contribution in [3.63, 3.8) is 0 Å². The highest BCUT2D eigenvalue weighted by molar-refractivity contribution is 6.03. The van der Waals surface area contributed by atoms with E-state index in [1.165, 1.54) is 33.9 Å². The van der Waals surface area contributed by atoms with E-state index in [1.54, 1.807) is 0 Å². The Kier molecular flexibility index (Phi) is 8.26. The van der Waals surface area contributed by atoms with Crippen molar-refractivity contribution in [3.8, 4) is 0 Å².